The molecule has 0 spiro atoms. The van der Waals surface area contributed by atoms with E-state index in [-0.39, 0.29) is 0 Å². The number of aliphatic carboxylic acids is 1. The Labute approximate surface area is 149 Å². The van der Waals surface area contributed by atoms with Crippen molar-refractivity contribution in [3.05, 3.63) is 36.4 Å². The second-order valence-electron chi connectivity index (χ2n) is 5.35. The van der Waals surface area contributed by atoms with Crippen LogP contribution in [0.15, 0.2) is 46.2 Å². The number of benzene rings is 2. The largest absolute Gasteiger partial charge is 0.480 e. The maximum absolute atomic E-state index is 12.6. The minimum atomic E-state index is -1.09. The fraction of sp³-hybridized carbons (Fsp3) is 0.176. The topological polar surface area (TPSA) is 93.7 Å². The highest BCUT2D eigenvalue weighted by molar-refractivity contribution is 7.99. The number of carboxylic acids is 1. The van der Waals surface area contributed by atoms with Crippen molar-refractivity contribution in [1.29, 1.82) is 0 Å². The van der Waals surface area contributed by atoms with Crippen LogP contribution in [0.4, 0.5) is 27.5 Å². The van der Waals surface area contributed by atoms with E-state index in [1.807, 2.05) is 50.5 Å². The van der Waals surface area contributed by atoms with Gasteiger partial charge in [-0.2, -0.15) is 0 Å². The molecule has 0 bridgehead atoms. The molecule has 1 aliphatic heterocycles. The van der Waals surface area contributed by atoms with E-state index in [9.17, 15) is 9.59 Å². The number of hydrogen-bond donors (Lipinski definition) is 4. The van der Waals surface area contributed by atoms with Crippen molar-refractivity contribution < 1.29 is 14.7 Å². The van der Waals surface area contributed by atoms with Gasteiger partial charge in [0.1, 0.15) is 6.54 Å². The van der Waals surface area contributed by atoms with Crippen LogP contribution in [0.25, 0.3) is 0 Å². The molecule has 0 unspecified atom stereocenters. The summed E-state index contributed by atoms with van der Waals surface area (Å²) in [4.78, 5) is 26.8. The summed E-state index contributed by atoms with van der Waals surface area (Å²) >= 11 is 1.57. The van der Waals surface area contributed by atoms with Crippen molar-refractivity contribution >= 4 is 46.5 Å². The molecule has 0 aliphatic carbocycles. The molecule has 8 heteroatoms. The van der Waals surface area contributed by atoms with E-state index in [0.29, 0.717) is 0 Å². The molecule has 7 nitrogen and oxygen atoms in total. The molecule has 0 saturated carbocycles. The second kappa shape index (κ2) is 6.94. The van der Waals surface area contributed by atoms with Crippen molar-refractivity contribution in [2.75, 3.05) is 36.2 Å². The Bertz CT molecular complexity index is 787. The normalized spacial score (nSPS) is 12.0. The zero-order valence-electron chi connectivity index (χ0n) is 13.8. The predicted octanol–water partition coefficient (Wildman–Crippen LogP) is 3.17. The zero-order chi connectivity index (χ0) is 18.0. The fourth-order valence-corrected chi connectivity index (χ4v) is 3.71. The van der Waals surface area contributed by atoms with Crippen LogP contribution < -0.4 is 20.9 Å². The molecule has 2 amide bonds. The van der Waals surface area contributed by atoms with Gasteiger partial charge in [0.2, 0.25) is 0 Å². The Kier molecular flexibility index (Phi) is 4.71. The van der Waals surface area contributed by atoms with Gasteiger partial charge in [-0.3, -0.25) is 9.69 Å². The van der Waals surface area contributed by atoms with Gasteiger partial charge in [0.05, 0.1) is 11.4 Å². The zero-order valence-corrected chi connectivity index (χ0v) is 14.6. The first-order valence-corrected chi connectivity index (χ1v) is 8.46. The van der Waals surface area contributed by atoms with Gasteiger partial charge in [0, 0.05) is 35.3 Å². The lowest BCUT2D eigenvalue weighted by Gasteiger charge is -2.31. The number of carbonyl (C=O) groups is 2. The summed E-state index contributed by atoms with van der Waals surface area (Å²) in [6, 6.07) is 10.9. The highest BCUT2D eigenvalue weighted by Gasteiger charge is 2.29. The minimum Gasteiger partial charge on any atom is -0.480 e. The molecule has 4 N–H and O–H groups in total. The number of fused-ring (bicyclic) bond motifs is 2. The molecule has 3 rings (SSSR count). The third-order valence-electron chi connectivity index (χ3n) is 3.79. The summed E-state index contributed by atoms with van der Waals surface area (Å²) in [6.07, 6.45) is 0. The predicted molar refractivity (Wildman–Crippen MR) is 99.3 cm³/mol. The molecule has 25 heavy (non-hydrogen) atoms. The number of hydrogen-bond acceptors (Lipinski definition) is 5. The molecular formula is C17H18N4O3S. The van der Waals surface area contributed by atoms with Gasteiger partial charge in [-0.1, -0.05) is 11.8 Å². The number of amides is 2. The molecule has 0 saturated heterocycles. The molecule has 2 aromatic carbocycles. The highest BCUT2D eigenvalue weighted by atomic mass is 32.2. The van der Waals surface area contributed by atoms with Crippen LogP contribution in [0.3, 0.4) is 0 Å². The molecule has 0 aromatic heterocycles. The number of carbonyl (C=O) groups excluding carboxylic acids is 1. The lowest BCUT2D eigenvalue weighted by molar-refractivity contribution is -0.135. The fourth-order valence-electron chi connectivity index (χ4n) is 2.57. The van der Waals surface area contributed by atoms with Crippen LogP contribution in [-0.4, -0.2) is 37.7 Å². The maximum atomic E-state index is 12.6. The van der Waals surface area contributed by atoms with Gasteiger partial charge in [-0.05, 0) is 36.4 Å². The smallest absolute Gasteiger partial charge is 0.327 e. The maximum Gasteiger partial charge on any atom is 0.327 e. The van der Waals surface area contributed by atoms with Gasteiger partial charge in [0.25, 0.3) is 0 Å². The Morgan fingerprint density at radius 3 is 1.96 bits per heavy atom. The van der Waals surface area contributed by atoms with Crippen LogP contribution in [0.2, 0.25) is 0 Å². The third kappa shape index (κ3) is 3.34. The van der Waals surface area contributed by atoms with Crippen LogP contribution in [-0.2, 0) is 4.79 Å². The van der Waals surface area contributed by atoms with Crippen LogP contribution in [0.1, 0.15) is 0 Å². The van der Waals surface area contributed by atoms with Crippen molar-refractivity contribution in [3.8, 4) is 0 Å². The number of carboxylic acid groups (broad SMARTS) is 1. The van der Waals surface area contributed by atoms with E-state index < -0.39 is 18.5 Å². The lowest BCUT2D eigenvalue weighted by Crippen LogP contribution is -2.40. The first kappa shape index (κ1) is 17.0. The van der Waals surface area contributed by atoms with E-state index in [0.717, 1.165) is 32.5 Å². The third-order valence-corrected chi connectivity index (χ3v) is 4.89. The Hall–Kier alpha value is -2.87. The van der Waals surface area contributed by atoms with Gasteiger partial charge in [-0.25, -0.2) is 4.79 Å². The molecule has 0 fully saturated rings. The van der Waals surface area contributed by atoms with E-state index in [4.69, 9.17) is 5.11 Å². The Balaban J connectivity index is 2.06. The Morgan fingerprint density at radius 1 is 1.00 bits per heavy atom. The van der Waals surface area contributed by atoms with Crippen LogP contribution >= 0.6 is 11.8 Å². The monoisotopic (exact) mass is 358 g/mol. The van der Waals surface area contributed by atoms with Gasteiger partial charge in [-0.15, -0.1) is 0 Å². The van der Waals surface area contributed by atoms with E-state index in [2.05, 4.69) is 16.0 Å². The van der Waals surface area contributed by atoms with Crippen molar-refractivity contribution in [2.24, 2.45) is 0 Å². The quantitative estimate of drug-likeness (QED) is 0.671. The SMILES string of the molecule is CNc1ccc2c(c1)Sc1cc(NC)ccc1N2C(=O)NCC(=O)O. The van der Waals surface area contributed by atoms with Gasteiger partial charge >= 0.3 is 12.0 Å². The van der Waals surface area contributed by atoms with Crippen molar-refractivity contribution in [2.45, 2.75) is 9.79 Å². The average molecular weight is 358 g/mol. The van der Waals surface area contributed by atoms with Crippen molar-refractivity contribution in [3.63, 3.8) is 0 Å². The minimum absolute atomic E-state index is 0.434. The molecule has 130 valence electrons. The van der Waals surface area contributed by atoms with E-state index >= 15 is 0 Å². The molecular weight excluding hydrogens is 340 g/mol. The van der Waals surface area contributed by atoms with Crippen LogP contribution in [0.5, 0.6) is 0 Å². The highest BCUT2D eigenvalue weighted by Crippen LogP contribution is 2.49. The van der Waals surface area contributed by atoms with Crippen molar-refractivity contribution in [1.82, 2.24) is 5.32 Å². The summed E-state index contributed by atoms with van der Waals surface area (Å²) in [5, 5.41) is 17.4. The first-order valence-electron chi connectivity index (χ1n) is 7.64. The van der Waals surface area contributed by atoms with Gasteiger partial charge < -0.3 is 21.1 Å². The summed E-state index contributed by atoms with van der Waals surface area (Å²) in [7, 11) is 3.67. The summed E-state index contributed by atoms with van der Waals surface area (Å²) < 4.78 is 0. The first-order chi connectivity index (χ1) is 12.0. The average Bonchev–Trinajstić information content (AvgIpc) is 2.62. The number of nitrogens with one attached hydrogen (secondary N) is 3. The molecule has 0 atom stereocenters. The summed E-state index contributed by atoms with van der Waals surface area (Å²) in [5.74, 6) is -1.09. The number of anilines is 4. The molecule has 1 aliphatic rings. The summed E-state index contributed by atoms with van der Waals surface area (Å²) in [5.41, 5.74) is 3.31. The number of urea groups is 1. The van der Waals surface area contributed by atoms with E-state index in [1.165, 1.54) is 4.90 Å². The number of nitrogens with zero attached hydrogens (tertiary/aromatic N) is 1. The number of rotatable bonds is 4. The van der Waals surface area contributed by atoms with Gasteiger partial charge in [0.15, 0.2) is 0 Å². The lowest BCUT2D eigenvalue weighted by atomic mass is 10.2. The molecule has 1 heterocycles. The summed E-state index contributed by atoms with van der Waals surface area (Å²) in [6.45, 7) is -0.434. The molecule has 0 radical (unpaired) electrons. The van der Waals surface area contributed by atoms with E-state index in [1.54, 1.807) is 11.8 Å². The van der Waals surface area contributed by atoms with Crippen LogP contribution in [0, 0.1) is 0 Å². The standard InChI is InChI=1S/C17H18N4O3S/c1-18-10-3-5-12-14(7-10)25-15-8-11(19-2)4-6-13(15)21(12)17(24)20-9-16(22)23/h3-8,18-19H,9H2,1-2H3,(H,20,24)(H,22,23). The molecule has 2 aromatic rings. The second-order valence-corrected chi connectivity index (χ2v) is 6.44. The Morgan fingerprint density at radius 2 is 1.52 bits per heavy atom.